The van der Waals surface area contributed by atoms with Crippen LogP contribution < -0.4 is 5.32 Å². The van der Waals surface area contributed by atoms with Crippen molar-refractivity contribution in [3.05, 3.63) is 0 Å². The Bertz CT molecular complexity index is 406. The van der Waals surface area contributed by atoms with Crippen LogP contribution >= 0.6 is 0 Å². The van der Waals surface area contributed by atoms with Gasteiger partial charge in [-0.15, -0.1) is 0 Å². The van der Waals surface area contributed by atoms with Crippen molar-refractivity contribution < 1.29 is 13.2 Å². The second kappa shape index (κ2) is 6.19. The van der Waals surface area contributed by atoms with Crippen LogP contribution in [0.2, 0.25) is 0 Å². The van der Waals surface area contributed by atoms with Gasteiger partial charge in [0, 0.05) is 38.1 Å². The molecule has 1 saturated heterocycles. The van der Waals surface area contributed by atoms with Gasteiger partial charge in [0.05, 0.1) is 5.75 Å². The molecule has 1 aliphatic rings. The average molecular weight is 291 g/mol. The Balaban J connectivity index is 2.41. The number of hydrogen-bond acceptors (Lipinski definition) is 4. The lowest BCUT2D eigenvalue weighted by molar-refractivity contribution is -0.128. The number of nitrogens with one attached hydrogen (secondary N) is 1. The van der Waals surface area contributed by atoms with E-state index in [0.29, 0.717) is 13.1 Å². The number of piperazine rings is 1. The van der Waals surface area contributed by atoms with Crippen LogP contribution in [0.25, 0.3) is 0 Å². The molecule has 0 radical (unpaired) electrons. The predicted octanol–water partition coefficient (Wildman–Crippen LogP) is -0.274. The first-order valence-corrected chi connectivity index (χ1v) is 8.18. The Hall–Kier alpha value is -0.660. The standard InChI is InChI=1S/C12H25N3O3S/c1-12(2,3)11(16)13-5-10-19(17,18)15-8-6-14(4)7-9-15/h5-10H2,1-4H3,(H,13,16). The quantitative estimate of drug-likeness (QED) is 0.774. The van der Waals surface area contributed by atoms with Crippen LogP contribution in [0.5, 0.6) is 0 Å². The van der Waals surface area contributed by atoms with E-state index in [4.69, 9.17) is 0 Å². The van der Waals surface area contributed by atoms with Gasteiger partial charge in [-0.25, -0.2) is 8.42 Å². The predicted molar refractivity (Wildman–Crippen MR) is 75.3 cm³/mol. The molecule has 1 N–H and O–H groups in total. The molecule has 0 saturated carbocycles. The Morgan fingerprint density at radius 2 is 1.68 bits per heavy atom. The molecule has 0 unspecified atom stereocenters. The molecule has 1 rings (SSSR count). The fourth-order valence-corrected chi connectivity index (χ4v) is 3.09. The summed E-state index contributed by atoms with van der Waals surface area (Å²) in [6, 6.07) is 0. The highest BCUT2D eigenvalue weighted by Crippen LogP contribution is 2.12. The van der Waals surface area contributed by atoms with E-state index in [2.05, 4.69) is 10.2 Å². The van der Waals surface area contributed by atoms with E-state index in [1.54, 1.807) is 20.8 Å². The fraction of sp³-hybridized carbons (Fsp3) is 0.917. The smallest absolute Gasteiger partial charge is 0.225 e. The number of hydrogen-bond donors (Lipinski definition) is 1. The van der Waals surface area contributed by atoms with E-state index in [1.165, 1.54) is 4.31 Å². The van der Waals surface area contributed by atoms with E-state index in [9.17, 15) is 13.2 Å². The second-order valence-electron chi connectivity index (χ2n) is 6.02. The summed E-state index contributed by atoms with van der Waals surface area (Å²) in [5.74, 6) is -0.153. The average Bonchev–Trinajstić information content (AvgIpc) is 2.28. The second-order valence-corrected chi connectivity index (χ2v) is 8.11. The molecule has 0 atom stereocenters. The molecule has 0 spiro atoms. The fourth-order valence-electron chi connectivity index (χ4n) is 1.75. The highest BCUT2D eigenvalue weighted by atomic mass is 32.2. The van der Waals surface area contributed by atoms with Gasteiger partial charge in [0.25, 0.3) is 0 Å². The summed E-state index contributed by atoms with van der Waals surface area (Å²) in [6.45, 7) is 8.16. The topological polar surface area (TPSA) is 69.7 Å². The maximum atomic E-state index is 12.1. The maximum Gasteiger partial charge on any atom is 0.225 e. The van der Waals surface area contributed by atoms with Crippen LogP contribution in [-0.2, 0) is 14.8 Å². The Morgan fingerprint density at radius 1 is 1.16 bits per heavy atom. The minimum atomic E-state index is -3.26. The number of sulfonamides is 1. The molecular weight excluding hydrogens is 266 g/mol. The molecular formula is C12H25N3O3S. The molecule has 1 amide bonds. The largest absolute Gasteiger partial charge is 0.355 e. The normalized spacial score (nSPS) is 19.4. The summed E-state index contributed by atoms with van der Waals surface area (Å²) >= 11 is 0. The third-order valence-electron chi connectivity index (χ3n) is 3.18. The van der Waals surface area contributed by atoms with Gasteiger partial charge in [-0.05, 0) is 7.05 Å². The first-order chi connectivity index (χ1) is 8.63. The van der Waals surface area contributed by atoms with Crippen molar-refractivity contribution in [1.82, 2.24) is 14.5 Å². The van der Waals surface area contributed by atoms with Gasteiger partial charge >= 0.3 is 0 Å². The first-order valence-electron chi connectivity index (χ1n) is 6.57. The monoisotopic (exact) mass is 291 g/mol. The lowest BCUT2D eigenvalue weighted by Gasteiger charge is -2.31. The van der Waals surface area contributed by atoms with Crippen LogP contribution in [0.4, 0.5) is 0 Å². The minimum absolute atomic E-state index is 0.0292. The third kappa shape index (κ3) is 5.08. The Kier molecular flexibility index (Phi) is 5.34. The summed E-state index contributed by atoms with van der Waals surface area (Å²) < 4.78 is 25.7. The van der Waals surface area contributed by atoms with E-state index < -0.39 is 15.4 Å². The van der Waals surface area contributed by atoms with Crippen LogP contribution in [0.15, 0.2) is 0 Å². The SMILES string of the molecule is CN1CCN(S(=O)(=O)CCNC(=O)C(C)(C)C)CC1. The molecule has 7 heteroatoms. The minimum Gasteiger partial charge on any atom is -0.355 e. The molecule has 1 aliphatic heterocycles. The summed E-state index contributed by atoms with van der Waals surface area (Å²) in [7, 11) is -1.28. The Labute approximate surface area is 116 Å². The van der Waals surface area contributed by atoms with Crippen molar-refractivity contribution in [1.29, 1.82) is 0 Å². The highest BCUT2D eigenvalue weighted by Gasteiger charge is 2.26. The summed E-state index contributed by atoms with van der Waals surface area (Å²) in [5, 5.41) is 2.67. The van der Waals surface area contributed by atoms with E-state index in [0.717, 1.165) is 13.1 Å². The molecule has 0 aromatic rings. The van der Waals surface area contributed by atoms with Crippen LogP contribution in [-0.4, -0.2) is 69.1 Å². The van der Waals surface area contributed by atoms with Gasteiger partial charge in [0.1, 0.15) is 0 Å². The first kappa shape index (κ1) is 16.4. The van der Waals surface area contributed by atoms with Crippen molar-refractivity contribution in [2.45, 2.75) is 20.8 Å². The summed E-state index contributed by atoms with van der Waals surface area (Å²) in [6.07, 6.45) is 0. The van der Waals surface area contributed by atoms with Gasteiger partial charge < -0.3 is 10.2 Å². The zero-order valence-electron chi connectivity index (χ0n) is 12.3. The van der Waals surface area contributed by atoms with Crippen LogP contribution in [0.1, 0.15) is 20.8 Å². The van der Waals surface area contributed by atoms with Gasteiger partial charge in [-0.1, -0.05) is 20.8 Å². The zero-order valence-corrected chi connectivity index (χ0v) is 13.1. The lowest BCUT2D eigenvalue weighted by atomic mass is 9.96. The molecule has 0 aliphatic carbocycles. The van der Waals surface area contributed by atoms with Gasteiger partial charge in [0.15, 0.2) is 0 Å². The van der Waals surface area contributed by atoms with E-state index in [1.807, 2.05) is 7.05 Å². The molecule has 19 heavy (non-hydrogen) atoms. The maximum absolute atomic E-state index is 12.1. The summed E-state index contributed by atoms with van der Waals surface area (Å²) in [5.41, 5.74) is -0.488. The molecule has 1 fully saturated rings. The summed E-state index contributed by atoms with van der Waals surface area (Å²) in [4.78, 5) is 13.7. The van der Waals surface area contributed by atoms with Gasteiger partial charge in [0.2, 0.25) is 15.9 Å². The van der Waals surface area contributed by atoms with Crippen molar-refractivity contribution >= 4 is 15.9 Å². The van der Waals surface area contributed by atoms with Gasteiger partial charge in [-0.3, -0.25) is 4.79 Å². The van der Waals surface area contributed by atoms with Crippen molar-refractivity contribution in [3.8, 4) is 0 Å². The van der Waals surface area contributed by atoms with Crippen LogP contribution in [0.3, 0.4) is 0 Å². The van der Waals surface area contributed by atoms with E-state index >= 15 is 0 Å². The number of carbonyl (C=O) groups is 1. The number of likely N-dealkylation sites (N-methyl/N-ethyl adjacent to an activating group) is 1. The molecule has 0 bridgehead atoms. The zero-order chi connectivity index (χ0) is 14.7. The molecule has 0 aromatic carbocycles. The number of rotatable bonds is 4. The lowest BCUT2D eigenvalue weighted by Crippen LogP contribution is -2.49. The van der Waals surface area contributed by atoms with Crippen molar-refractivity contribution in [2.24, 2.45) is 5.41 Å². The van der Waals surface area contributed by atoms with Crippen molar-refractivity contribution in [2.75, 3.05) is 45.5 Å². The van der Waals surface area contributed by atoms with Gasteiger partial charge in [-0.2, -0.15) is 4.31 Å². The molecule has 112 valence electrons. The van der Waals surface area contributed by atoms with Crippen molar-refractivity contribution in [3.63, 3.8) is 0 Å². The highest BCUT2D eigenvalue weighted by molar-refractivity contribution is 7.89. The third-order valence-corrected chi connectivity index (χ3v) is 5.05. The van der Waals surface area contributed by atoms with Crippen LogP contribution in [0, 0.1) is 5.41 Å². The molecule has 6 nitrogen and oxygen atoms in total. The number of nitrogens with zero attached hydrogens (tertiary/aromatic N) is 2. The number of carbonyl (C=O) groups excluding carboxylic acids is 1. The Morgan fingerprint density at radius 3 is 2.16 bits per heavy atom. The van der Waals surface area contributed by atoms with E-state index in [-0.39, 0.29) is 18.2 Å². The molecule has 0 aromatic heterocycles. The molecule has 1 heterocycles. The number of amides is 1.